The molecule has 0 spiro atoms. The first kappa shape index (κ1) is 14.4. The Balaban J connectivity index is 2.00. The summed E-state index contributed by atoms with van der Waals surface area (Å²) in [7, 11) is 2.11. The first-order valence-electron chi connectivity index (χ1n) is 6.89. The second kappa shape index (κ2) is 7.56. The number of rotatable bonds is 3. The van der Waals surface area contributed by atoms with Gasteiger partial charge in [-0.25, -0.2) is 0 Å². The van der Waals surface area contributed by atoms with Crippen LogP contribution < -0.4 is 5.32 Å². The zero-order valence-corrected chi connectivity index (χ0v) is 13.4. The lowest BCUT2D eigenvalue weighted by molar-refractivity contribution is 0.420. The number of benzene rings is 1. The van der Waals surface area contributed by atoms with Crippen molar-refractivity contribution >= 4 is 27.7 Å². The Hall–Kier alpha value is 0.01000. The topological polar surface area (TPSA) is 12.0 Å². The maximum Gasteiger partial charge on any atom is 0.0248 e. The minimum Gasteiger partial charge on any atom is -0.316 e. The molecule has 1 saturated carbocycles. The van der Waals surface area contributed by atoms with Crippen LogP contribution in [-0.2, 0) is 0 Å². The van der Waals surface area contributed by atoms with Gasteiger partial charge in [0.1, 0.15) is 0 Å². The van der Waals surface area contributed by atoms with Crippen molar-refractivity contribution in [2.75, 3.05) is 7.05 Å². The number of nitrogens with one attached hydrogen (secondary N) is 1. The van der Waals surface area contributed by atoms with Gasteiger partial charge in [-0.15, -0.1) is 11.8 Å². The molecule has 1 nitrogen and oxygen atoms in total. The molecule has 1 fully saturated rings. The largest absolute Gasteiger partial charge is 0.316 e. The van der Waals surface area contributed by atoms with Gasteiger partial charge in [0.05, 0.1) is 0 Å². The molecule has 0 amide bonds. The summed E-state index contributed by atoms with van der Waals surface area (Å²) in [6.07, 6.45) is 8.24. The molecule has 18 heavy (non-hydrogen) atoms. The van der Waals surface area contributed by atoms with E-state index in [-0.39, 0.29) is 0 Å². The molecular formula is C15H22BrNS. The molecule has 0 bridgehead atoms. The van der Waals surface area contributed by atoms with Gasteiger partial charge >= 0.3 is 0 Å². The summed E-state index contributed by atoms with van der Waals surface area (Å²) in [4.78, 5) is 1.39. The van der Waals surface area contributed by atoms with E-state index in [1.54, 1.807) is 0 Å². The highest BCUT2D eigenvalue weighted by atomic mass is 79.9. The molecule has 100 valence electrons. The van der Waals surface area contributed by atoms with Gasteiger partial charge in [0.15, 0.2) is 0 Å². The first-order chi connectivity index (χ1) is 8.79. The fraction of sp³-hybridized carbons (Fsp3) is 0.600. The summed E-state index contributed by atoms with van der Waals surface area (Å²) in [5, 5.41) is 4.24. The highest BCUT2D eigenvalue weighted by Gasteiger charge is 2.22. The van der Waals surface area contributed by atoms with Crippen molar-refractivity contribution in [3.05, 3.63) is 28.7 Å². The van der Waals surface area contributed by atoms with Crippen molar-refractivity contribution in [1.29, 1.82) is 0 Å². The lowest BCUT2D eigenvalue weighted by atomic mass is 9.96. The average molecular weight is 328 g/mol. The lowest BCUT2D eigenvalue weighted by Gasteiger charge is -2.28. The van der Waals surface area contributed by atoms with Crippen molar-refractivity contribution < 1.29 is 0 Å². The predicted molar refractivity (Wildman–Crippen MR) is 84.3 cm³/mol. The van der Waals surface area contributed by atoms with Crippen molar-refractivity contribution in [3.8, 4) is 0 Å². The van der Waals surface area contributed by atoms with E-state index in [2.05, 4.69) is 52.6 Å². The van der Waals surface area contributed by atoms with Gasteiger partial charge in [-0.1, -0.05) is 41.6 Å². The molecule has 1 aliphatic rings. The monoisotopic (exact) mass is 327 g/mol. The maximum atomic E-state index is 3.52. The molecule has 1 aromatic carbocycles. The van der Waals surface area contributed by atoms with E-state index in [0.717, 1.165) is 9.72 Å². The van der Waals surface area contributed by atoms with E-state index in [4.69, 9.17) is 0 Å². The molecule has 0 saturated heterocycles. The first-order valence-corrected chi connectivity index (χ1v) is 8.56. The summed E-state index contributed by atoms with van der Waals surface area (Å²) >= 11 is 5.54. The van der Waals surface area contributed by atoms with E-state index in [1.807, 2.05) is 11.8 Å². The number of hydrogen-bond acceptors (Lipinski definition) is 2. The summed E-state index contributed by atoms with van der Waals surface area (Å²) in [5.41, 5.74) is 0. The Labute approximate surface area is 123 Å². The second-order valence-corrected chi connectivity index (χ2v) is 7.23. The van der Waals surface area contributed by atoms with Crippen LogP contribution in [0.4, 0.5) is 0 Å². The molecule has 0 aliphatic heterocycles. The van der Waals surface area contributed by atoms with E-state index >= 15 is 0 Å². The molecular weight excluding hydrogens is 306 g/mol. The normalized spacial score (nSPS) is 25.4. The Morgan fingerprint density at radius 1 is 1.06 bits per heavy atom. The number of hydrogen-bond donors (Lipinski definition) is 1. The fourth-order valence-electron chi connectivity index (χ4n) is 2.61. The lowest BCUT2D eigenvalue weighted by Crippen LogP contribution is -2.36. The molecule has 2 atom stereocenters. The number of halogens is 1. The zero-order valence-electron chi connectivity index (χ0n) is 11.0. The molecule has 1 N–H and O–H groups in total. The Kier molecular flexibility index (Phi) is 6.06. The van der Waals surface area contributed by atoms with Gasteiger partial charge in [-0.05, 0) is 44.2 Å². The summed E-state index contributed by atoms with van der Waals surface area (Å²) in [6.45, 7) is 0. The summed E-state index contributed by atoms with van der Waals surface area (Å²) in [6, 6.07) is 9.39. The average Bonchev–Trinajstić information content (AvgIpc) is 2.36. The molecule has 0 heterocycles. The molecule has 2 rings (SSSR count). The van der Waals surface area contributed by atoms with Crippen LogP contribution in [0.3, 0.4) is 0 Å². The van der Waals surface area contributed by atoms with Gasteiger partial charge in [0.2, 0.25) is 0 Å². The Morgan fingerprint density at radius 2 is 1.72 bits per heavy atom. The van der Waals surface area contributed by atoms with Crippen molar-refractivity contribution in [1.82, 2.24) is 5.32 Å². The van der Waals surface area contributed by atoms with Gasteiger partial charge in [-0.2, -0.15) is 0 Å². The molecule has 0 aromatic heterocycles. The molecule has 0 radical (unpaired) electrons. The summed E-state index contributed by atoms with van der Waals surface area (Å²) in [5.74, 6) is 0. The van der Waals surface area contributed by atoms with Crippen LogP contribution in [0.25, 0.3) is 0 Å². The van der Waals surface area contributed by atoms with E-state index < -0.39 is 0 Å². The standard InChI is InChI=1S/C15H22BrNS/c1-17-14-6-4-2-3-5-7-15(14)18-13-10-8-12(16)9-11-13/h8-11,14-15,17H,2-7H2,1H3. The third kappa shape index (κ3) is 4.29. The van der Waals surface area contributed by atoms with Crippen molar-refractivity contribution in [3.63, 3.8) is 0 Å². The van der Waals surface area contributed by atoms with E-state index in [9.17, 15) is 0 Å². The molecule has 1 aromatic rings. The van der Waals surface area contributed by atoms with Gasteiger partial charge < -0.3 is 5.32 Å². The van der Waals surface area contributed by atoms with Crippen LogP contribution in [0.1, 0.15) is 38.5 Å². The Morgan fingerprint density at radius 3 is 2.39 bits per heavy atom. The highest BCUT2D eigenvalue weighted by molar-refractivity contribution is 9.10. The quantitative estimate of drug-likeness (QED) is 0.851. The van der Waals surface area contributed by atoms with Gasteiger partial charge in [-0.3, -0.25) is 0 Å². The summed E-state index contributed by atoms with van der Waals surface area (Å²) < 4.78 is 1.16. The second-order valence-electron chi connectivity index (χ2n) is 5.00. The van der Waals surface area contributed by atoms with E-state index in [0.29, 0.717) is 6.04 Å². The minimum atomic E-state index is 0.666. The van der Waals surface area contributed by atoms with E-state index in [1.165, 1.54) is 43.4 Å². The van der Waals surface area contributed by atoms with Crippen LogP contribution >= 0.6 is 27.7 Å². The van der Waals surface area contributed by atoms with Crippen LogP contribution in [0.2, 0.25) is 0 Å². The molecule has 3 heteroatoms. The fourth-order valence-corrected chi connectivity index (χ4v) is 4.24. The molecule has 2 unspecified atom stereocenters. The van der Waals surface area contributed by atoms with Crippen molar-refractivity contribution in [2.45, 2.75) is 54.7 Å². The van der Waals surface area contributed by atoms with Crippen LogP contribution in [0.15, 0.2) is 33.6 Å². The maximum absolute atomic E-state index is 3.52. The number of thioether (sulfide) groups is 1. The third-order valence-electron chi connectivity index (χ3n) is 3.67. The Bertz CT molecular complexity index is 352. The van der Waals surface area contributed by atoms with Gasteiger partial charge in [0.25, 0.3) is 0 Å². The van der Waals surface area contributed by atoms with Crippen molar-refractivity contribution in [2.24, 2.45) is 0 Å². The van der Waals surface area contributed by atoms with Gasteiger partial charge in [0, 0.05) is 20.7 Å². The van der Waals surface area contributed by atoms with Crippen LogP contribution in [-0.4, -0.2) is 18.3 Å². The highest BCUT2D eigenvalue weighted by Crippen LogP contribution is 2.33. The minimum absolute atomic E-state index is 0.666. The molecule has 1 aliphatic carbocycles. The van der Waals surface area contributed by atoms with Crippen LogP contribution in [0, 0.1) is 0 Å². The predicted octanol–water partition coefficient (Wildman–Crippen LogP) is 4.85. The zero-order chi connectivity index (χ0) is 12.8. The SMILES string of the molecule is CNC1CCCCCCC1Sc1ccc(Br)cc1. The third-order valence-corrected chi connectivity index (χ3v) is 5.61. The smallest absolute Gasteiger partial charge is 0.0248 e. The van der Waals surface area contributed by atoms with Crippen LogP contribution in [0.5, 0.6) is 0 Å².